The first-order valence-corrected chi connectivity index (χ1v) is 10.4. The number of pyridine rings is 1. The van der Waals surface area contributed by atoms with Crippen LogP contribution < -0.4 is 10.6 Å². The lowest BCUT2D eigenvalue weighted by molar-refractivity contribution is 0.110. The number of nitrogens with zero attached hydrogens (tertiary/aromatic N) is 3. The Morgan fingerprint density at radius 1 is 1.17 bits per heavy atom. The number of aromatic nitrogens is 1. The summed E-state index contributed by atoms with van der Waals surface area (Å²) in [5, 5.41) is 0. The number of nitrogen functional groups attached to an aromatic ring is 1. The summed E-state index contributed by atoms with van der Waals surface area (Å²) in [5.41, 5.74) is 7.81. The average Bonchev–Trinajstić information content (AvgIpc) is 2.96. The van der Waals surface area contributed by atoms with E-state index in [1.165, 1.54) is 0 Å². The zero-order valence-corrected chi connectivity index (χ0v) is 17.2. The molecule has 1 unspecified atom stereocenters. The van der Waals surface area contributed by atoms with E-state index in [0.29, 0.717) is 17.9 Å². The predicted octanol–water partition coefficient (Wildman–Crippen LogP) is 5.63. The molecular weight excluding hydrogens is 367 g/mol. The van der Waals surface area contributed by atoms with Crippen LogP contribution in [-0.2, 0) is 4.74 Å². The van der Waals surface area contributed by atoms with Crippen molar-refractivity contribution in [2.24, 2.45) is 4.99 Å². The third-order valence-electron chi connectivity index (χ3n) is 5.42. The predicted molar refractivity (Wildman–Crippen MR) is 118 cm³/mol. The van der Waals surface area contributed by atoms with Gasteiger partial charge in [-0.15, -0.1) is 0 Å². The summed E-state index contributed by atoms with van der Waals surface area (Å²) in [5.74, 6) is 2.19. The molecule has 1 aromatic heterocycles. The molecule has 6 heteroatoms. The van der Waals surface area contributed by atoms with Crippen molar-refractivity contribution in [1.29, 1.82) is 0 Å². The molecule has 0 aromatic carbocycles. The minimum atomic E-state index is -0.0583. The standard InChI is InChI=1S/C23H31FN4O/c1-17-10-11-18(24)7-4-3-5-9-21(17)29-19-8-6-15-28(16-14-19)23-20(25)12-13-22(26-2)27-23/h7,9-10,12-13,19H,2-6,8,11,14-16,25H2,1H3/b17-10?,18-7+,21-9+. The van der Waals surface area contributed by atoms with Gasteiger partial charge in [-0.1, -0.05) is 12.2 Å². The first-order valence-electron chi connectivity index (χ1n) is 10.4. The smallest absolute Gasteiger partial charge is 0.154 e. The summed E-state index contributed by atoms with van der Waals surface area (Å²) in [6.07, 6.45) is 11.7. The minimum Gasteiger partial charge on any atom is -0.490 e. The second-order valence-electron chi connectivity index (χ2n) is 7.64. The highest BCUT2D eigenvalue weighted by molar-refractivity contribution is 5.65. The lowest BCUT2D eigenvalue weighted by Crippen LogP contribution is -2.26. The molecule has 0 spiro atoms. The molecule has 0 saturated carbocycles. The van der Waals surface area contributed by atoms with Crippen LogP contribution in [0.15, 0.2) is 52.5 Å². The van der Waals surface area contributed by atoms with Crippen LogP contribution in [0.25, 0.3) is 0 Å². The van der Waals surface area contributed by atoms with Gasteiger partial charge in [0.25, 0.3) is 0 Å². The molecule has 0 bridgehead atoms. The van der Waals surface area contributed by atoms with Gasteiger partial charge in [0, 0.05) is 25.9 Å². The zero-order valence-electron chi connectivity index (χ0n) is 17.2. The second kappa shape index (κ2) is 10.2. The molecule has 0 radical (unpaired) electrons. The van der Waals surface area contributed by atoms with Gasteiger partial charge >= 0.3 is 0 Å². The van der Waals surface area contributed by atoms with Gasteiger partial charge in [0.1, 0.15) is 11.9 Å². The molecule has 156 valence electrons. The van der Waals surface area contributed by atoms with Crippen LogP contribution in [0.5, 0.6) is 0 Å². The molecule has 3 rings (SSSR count). The number of hydrogen-bond acceptors (Lipinski definition) is 5. The summed E-state index contributed by atoms with van der Waals surface area (Å²) in [6.45, 7) is 7.24. The molecule has 29 heavy (non-hydrogen) atoms. The van der Waals surface area contributed by atoms with Crippen LogP contribution >= 0.6 is 0 Å². The summed E-state index contributed by atoms with van der Waals surface area (Å²) >= 11 is 0. The normalized spacial score (nSPS) is 25.0. The fourth-order valence-electron chi connectivity index (χ4n) is 3.71. The van der Waals surface area contributed by atoms with Crippen LogP contribution in [0, 0.1) is 0 Å². The van der Waals surface area contributed by atoms with Gasteiger partial charge in [0.05, 0.1) is 11.5 Å². The van der Waals surface area contributed by atoms with Crippen molar-refractivity contribution in [2.75, 3.05) is 23.7 Å². The molecule has 2 aliphatic rings. The largest absolute Gasteiger partial charge is 0.490 e. The SMILES string of the molecule is C=Nc1ccc(N)c(N2CCCC(O/C3=C/CCC/C=C(/F)CC=C3C)CC2)n1. The Balaban J connectivity index is 1.67. The average molecular weight is 399 g/mol. The molecule has 1 atom stereocenters. The Labute approximate surface area is 172 Å². The molecule has 1 saturated heterocycles. The third-order valence-corrected chi connectivity index (χ3v) is 5.42. The fourth-order valence-corrected chi connectivity index (χ4v) is 3.71. The first-order chi connectivity index (χ1) is 14.1. The maximum Gasteiger partial charge on any atom is 0.154 e. The van der Waals surface area contributed by atoms with Gasteiger partial charge in [0.15, 0.2) is 11.6 Å². The number of ether oxygens (including phenoxy) is 1. The monoisotopic (exact) mass is 398 g/mol. The number of aliphatic imine (C=N–C) groups is 1. The number of nitrogens with two attached hydrogens (primary N) is 1. The van der Waals surface area contributed by atoms with Crippen molar-refractivity contribution in [3.05, 3.63) is 47.5 Å². The van der Waals surface area contributed by atoms with Crippen molar-refractivity contribution in [3.63, 3.8) is 0 Å². The minimum absolute atomic E-state index is 0.0583. The number of rotatable bonds is 4. The molecule has 2 N–H and O–H groups in total. The van der Waals surface area contributed by atoms with Crippen LogP contribution in [0.3, 0.4) is 0 Å². The van der Waals surface area contributed by atoms with Gasteiger partial charge in [-0.25, -0.2) is 14.4 Å². The number of anilines is 2. The maximum absolute atomic E-state index is 13.8. The van der Waals surface area contributed by atoms with E-state index in [9.17, 15) is 4.39 Å². The van der Waals surface area contributed by atoms with E-state index in [1.54, 1.807) is 12.1 Å². The summed E-state index contributed by atoms with van der Waals surface area (Å²) < 4.78 is 20.2. The highest BCUT2D eigenvalue weighted by atomic mass is 19.1. The van der Waals surface area contributed by atoms with Crippen LogP contribution in [-0.4, -0.2) is 30.9 Å². The molecule has 1 aliphatic carbocycles. The number of allylic oxidation sites excluding steroid dienone is 5. The Morgan fingerprint density at radius 3 is 2.83 bits per heavy atom. The van der Waals surface area contributed by atoms with Crippen LogP contribution in [0.2, 0.25) is 0 Å². The van der Waals surface area contributed by atoms with E-state index in [-0.39, 0.29) is 11.9 Å². The van der Waals surface area contributed by atoms with E-state index in [1.807, 2.05) is 19.1 Å². The van der Waals surface area contributed by atoms with Gasteiger partial charge in [-0.3, -0.25) is 0 Å². The molecule has 5 nitrogen and oxygen atoms in total. The highest BCUT2D eigenvalue weighted by Gasteiger charge is 2.22. The summed E-state index contributed by atoms with van der Waals surface area (Å²) in [6, 6.07) is 3.60. The lowest BCUT2D eigenvalue weighted by Gasteiger charge is -2.24. The van der Waals surface area contributed by atoms with Gasteiger partial charge in [-0.05, 0) is 69.5 Å². The van der Waals surface area contributed by atoms with Gasteiger partial charge in [0.2, 0.25) is 0 Å². The number of halogens is 1. The molecule has 1 aliphatic heterocycles. The van der Waals surface area contributed by atoms with Crippen molar-refractivity contribution in [2.45, 2.75) is 58.0 Å². The topological polar surface area (TPSA) is 63.7 Å². The highest BCUT2D eigenvalue weighted by Crippen LogP contribution is 2.29. The van der Waals surface area contributed by atoms with Gasteiger partial charge < -0.3 is 15.4 Å². The Bertz CT molecular complexity index is 815. The molecule has 0 amide bonds. The van der Waals surface area contributed by atoms with Crippen molar-refractivity contribution in [3.8, 4) is 0 Å². The first kappa shape index (κ1) is 21.1. The van der Waals surface area contributed by atoms with Crippen molar-refractivity contribution >= 4 is 24.0 Å². The third kappa shape index (κ3) is 5.92. The van der Waals surface area contributed by atoms with E-state index < -0.39 is 0 Å². The van der Waals surface area contributed by atoms with Crippen molar-refractivity contribution < 1.29 is 9.13 Å². The van der Waals surface area contributed by atoms with Crippen LogP contribution in [0.1, 0.15) is 51.9 Å². The van der Waals surface area contributed by atoms with E-state index in [0.717, 1.165) is 68.8 Å². The fraction of sp³-hybridized carbons (Fsp3) is 0.478. The molecule has 2 heterocycles. The molecule has 1 aromatic rings. The molecule has 1 fully saturated rings. The van der Waals surface area contributed by atoms with Gasteiger partial charge in [-0.2, -0.15) is 0 Å². The van der Waals surface area contributed by atoms with E-state index in [2.05, 4.69) is 27.7 Å². The molecular formula is C23H31FN4O. The van der Waals surface area contributed by atoms with Crippen molar-refractivity contribution in [1.82, 2.24) is 4.98 Å². The number of hydrogen-bond donors (Lipinski definition) is 1. The van der Waals surface area contributed by atoms with E-state index >= 15 is 0 Å². The maximum atomic E-state index is 13.8. The summed E-state index contributed by atoms with van der Waals surface area (Å²) in [4.78, 5) is 10.6. The Morgan fingerprint density at radius 2 is 2.00 bits per heavy atom. The van der Waals surface area contributed by atoms with Crippen LogP contribution in [0.4, 0.5) is 21.7 Å². The lowest BCUT2D eigenvalue weighted by atomic mass is 10.1. The van der Waals surface area contributed by atoms with E-state index in [4.69, 9.17) is 10.5 Å². The zero-order chi connectivity index (χ0) is 20.6. The summed E-state index contributed by atoms with van der Waals surface area (Å²) in [7, 11) is 0. The Kier molecular flexibility index (Phi) is 7.44. The Hall–Kier alpha value is -2.63. The second-order valence-corrected chi connectivity index (χ2v) is 7.64. The quantitative estimate of drug-likeness (QED) is 0.668.